The van der Waals surface area contributed by atoms with Crippen molar-refractivity contribution in [3.63, 3.8) is 0 Å². The zero-order valence-corrected chi connectivity index (χ0v) is 11.7. The zero-order chi connectivity index (χ0) is 12.9. The van der Waals surface area contributed by atoms with Gasteiger partial charge in [-0.05, 0) is 31.1 Å². The summed E-state index contributed by atoms with van der Waals surface area (Å²) in [6, 6.07) is 0. The fraction of sp³-hybridized carbons (Fsp3) is 0.929. The van der Waals surface area contributed by atoms with Crippen molar-refractivity contribution in [3.8, 4) is 0 Å². The van der Waals surface area contributed by atoms with Crippen molar-refractivity contribution < 1.29 is 9.53 Å². The second-order valence-electron chi connectivity index (χ2n) is 5.37. The Morgan fingerprint density at radius 1 is 1.47 bits per heavy atom. The lowest BCUT2D eigenvalue weighted by atomic mass is 9.70. The van der Waals surface area contributed by atoms with Crippen molar-refractivity contribution in [1.29, 1.82) is 0 Å². The molecule has 0 spiro atoms. The third kappa shape index (κ3) is 3.21. The molecule has 0 bridgehead atoms. The van der Waals surface area contributed by atoms with Crippen LogP contribution in [0.15, 0.2) is 0 Å². The second-order valence-corrected chi connectivity index (χ2v) is 5.37. The highest BCUT2D eigenvalue weighted by molar-refractivity contribution is 5.74. The summed E-state index contributed by atoms with van der Waals surface area (Å²) in [5.74, 6) is 0.705. The van der Waals surface area contributed by atoms with E-state index < -0.39 is 0 Å². The summed E-state index contributed by atoms with van der Waals surface area (Å²) in [5, 5.41) is 3.38. The molecule has 0 aromatic carbocycles. The summed E-state index contributed by atoms with van der Waals surface area (Å²) in [6.45, 7) is 10.8. The van der Waals surface area contributed by atoms with Crippen molar-refractivity contribution >= 4 is 5.97 Å². The van der Waals surface area contributed by atoms with Gasteiger partial charge in [0.15, 0.2) is 0 Å². The van der Waals surface area contributed by atoms with Crippen LogP contribution in [-0.2, 0) is 9.53 Å². The average Bonchev–Trinajstić information content (AvgIpc) is 2.73. The number of rotatable bonds is 6. The summed E-state index contributed by atoms with van der Waals surface area (Å²) >= 11 is 0. The zero-order valence-electron chi connectivity index (χ0n) is 11.7. The monoisotopic (exact) mass is 241 g/mol. The first kappa shape index (κ1) is 14.5. The molecule has 0 amide bonds. The molecule has 100 valence electrons. The SMILES string of the molecule is CCOC(=O)C1CNCC1(CC)CC(C)CC. The first-order valence-corrected chi connectivity index (χ1v) is 6.97. The molecule has 1 rings (SSSR count). The average molecular weight is 241 g/mol. The molecule has 1 aliphatic heterocycles. The molecule has 0 radical (unpaired) electrons. The van der Waals surface area contributed by atoms with Crippen molar-refractivity contribution in [3.05, 3.63) is 0 Å². The minimum Gasteiger partial charge on any atom is -0.466 e. The Bertz CT molecular complexity index is 255. The molecular weight excluding hydrogens is 214 g/mol. The second kappa shape index (κ2) is 6.39. The lowest BCUT2D eigenvalue weighted by molar-refractivity contribution is -0.151. The minimum atomic E-state index is -0.0114. The number of nitrogens with one attached hydrogen (secondary N) is 1. The van der Waals surface area contributed by atoms with Crippen LogP contribution in [-0.4, -0.2) is 25.7 Å². The van der Waals surface area contributed by atoms with Gasteiger partial charge in [0, 0.05) is 13.1 Å². The van der Waals surface area contributed by atoms with E-state index in [1.165, 1.54) is 6.42 Å². The van der Waals surface area contributed by atoms with Crippen LogP contribution in [0.4, 0.5) is 0 Å². The number of ether oxygens (including phenoxy) is 1. The first-order valence-electron chi connectivity index (χ1n) is 6.97. The van der Waals surface area contributed by atoms with Crippen LogP contribution in [0.3, 0.4) is 0 Å². The van der Waals surface area contributed by atoms with Gasteiger partial charge in [-0.1, -0.05) is 27.2 Å². The van der Waals surface area contributed by atoms with Gasteiger partial charge in [0.05, 0.1) is 12.5 Å². The molecule has 3 atom stereocenters. The van der Waals surface area contributed by atoms with Crippen molar-refractivity contribution in [2.24, 2.45) is 17.3 Å². The van der Waals surface area contributed by atoms with Gasteiger partial charge in [0.2, 0.25) is 0 Å². The molecule has 1 N–H and O–H groups in total. The smallest absolute Gasteiger partial charge is 0.310 e. The van der Waals surface area contributed by atoms with E-state index in [0.29, 0.717) is 12.5 Å². The van der Waals surface area contributed by atoms with Gasteiger partial charge in [-0.25, -0.2) is 0 Å². The summed E-state index contributed by atoms with van der Waals surface area (Å²) in [5.41, 5.74) is 0.113. The Morgan fingerprint density at radius 3 is 2.71 bits per heavy atom. The van der Waals surface area contributed by atoms with Crippen LogP contribution in [0, 0.1) is 17.3 Å². The van der Waals surface area contributed by atoms with Gasteiger partial charge in [-0.2, -0.15) is 0 Å². The Balaban J connectivity index is 2.77. The van der Waals surface area contributed by atoms with Gasteiger partial charge in [0.25, 0.3) is 0 Å². The highest BCUT2D eigenvalue weighted by Crippen LogP contribution is 2.42. The molecule has 1 saturated heterocycles. The molecule has 1 fully saturated rings. The first-order chi connectivity index (χ1) is 8.09. The number of esters is 1. The number of carbonyl (C=O) groups excluding carboxylic acids is 1. The Morgan fingerprint density at radius 2 is 2.18 bits per heavy atom. The summed E-state index contributed by atoms with van der Waals surface area (Å²) in [6.07, 6.45) is 3.35. The van der Waals surface area contributed by atoms with E-state index in [0.717, 1.165) is 25.9 Å². The van der Waals surface area contributed by atoms with Gasteiger partial charge in [0.1, 0.15) is 0 Å². The molecule has 0 saturated carbocycles. The van der Waals surface area contributed by atoms with E-state index in [1.807, 2.05) is 6.92 Å². The van der Waals surface area contributed by atoms with E-state index >= 15 is 0 Å². The highest BCUT2D eigenvalue weighted by Gasteiger charge is 2.46. The maximum Gasteiger partial charge on any atom is 0.310 e. The molecule has 0 aliphatic carbocycles. The topological polar surface area (TPSA) is 38.3 Å². The lowest BCUT2D eigenvalue weighted by Gasteiger charge is -2.34. The molecule has 17 heavy (non-hydrogen) atoms. The molecule has 3 nitrogen and oxygen atoms in total. The lowest BCUT2D eigenvalue weighted by Crippen LogP contribution is -2.37. The van der Waals surface area contributed by atoms with Crippen molar-refractivity contribution in [1.82, 2.24) is 5.32 Å². The van der Waals surface area contributed by atoms with Gasteiger partial charge in [-0.15, -0.1) is 0 Å². The number of carbonyl (C=O) groups is 1. The standard InChI is InChI=1S/C14H27NO2/c1-5-11(4)8-14(6-2)10-15-9-12(14)13(16)17-7-3/h11-12,15H,5-10H2,1-4H3. The fourth-order valence-electron chi connectivity index (χ4n) is 2.95. The fourth-order valence-corrected chi connectivity index (χ4v) is 2.95. The number of hydrogen-bond donors (Lipinski definition) is 1. The Hall–Kier alpha value is -0.570. The van der Waals surface area contributed by atoms with Crippen LogP contribution in [0.2, 0.25) is 0 Å². The number of hydrogen-bond acceptors (Lipinski definition) is 3. The van der Waals surface area contributed by atoms with Gasteiger partial charge < -0.3 is 10.1 Å². The Kier molecular flexibility index (Phi) is 5.44. The predicted octanol–water partition coefficient (Wildman–Crippen LogP) is 2.60. The van der Waals surface area contributed by atoms with E-state index in [4.69, 9.17) is 4.74 Å². The van der Waals surface area contributed by atoms with E-state index in [-0.39, 0.29) is 17.3 Å². The highest BCUT2D eigenvalue weighted by atomic mass is 16.5. The van der Waals surface area contributed by atoms with Crippen LogP contribution < -0.4 is 5.32 Å². The largest absolute Gasteiger partial charge is 0.466 e. The van der Waals surface area contributed by atoms with Gasteiger partial charge >= 0.3 is 5.97 Å². The molecular formula is C14H27NO2. The third-order valence-electron chi connectivity index (χ3n) is 4.29. The quantitative estimate of drug-likeness (QED) is 0.726. The van der Waals surface area contributed by atoms with Crippen LogP contribution in [0.1, 0.15) is 47.0 Å². The maximum absolute atomic E-state index is 12.0. The van der Waals surface area contributed by atoms with Crippen LogP contribution in [0.25, 0.3) is 0 Å². The molecule has 3 heteroatoms. The van der Waals surface area contributed by atoms with Crippen molar-refractivity contribution in [2.45, 2.75) is 47.0 Å². The van der Waals surface area contributed by atoms with E-state index in [1.54, 1.807) is 0 Å². The molecule has 1 heterocycles. The maximum atomic E-state index is 12.0. The van der Waals surface area contributed by atoms with Gasteiger partial charge in [-0.3, -0.25) is 4.79 Å². The van der Waals surface area contributed by atoms with Crippen LogP contribution in [0.5, 0.6) is 0 Å². The molecule has 0 aromatic rings. The van der Waals surface area contributed by atoms with E-state index in [2.05, 4.69) is 26.1 Å². The third-order valence-corrected chi connectivity index (χ3v) is 4.29. The summed E-state index contributed by atoms with van der Waals surface area (Å²) in [4.78, 5) is 12.0. The normalized spacial score (nSPS) is 30.2. The molecule has 0 aromatic heterocycles. The molecule has 1 aliphatic rings. The predicted molar refractivity (Wildman–Crippen MR) is 69.8 cm³/mol. The Labute approximate surface area is 105 Å². The van der Waals surface area contributed by atoms with E-state index in [9.17, 15) is 4.79 Å². The van der Waals surface area contributed by atoms with Crippen molar-refractivity contribution in [2.75, 3.05) is 19.7 Å². The summed E-state index contributed by atoms with van der Waals surface area (Å²) in [7, 11) is 0. The minimum absolute atomic E-state index is 0.0114. The summed E-state index contributed by atoms with van der Waals surface area (Å²) < 4.78 is 5.22. The molecule has 3 unspecified atom stereocenters. The van der Waals surface area contributed by atoms with Crippen LogP contribution >= 0.6 is 0 Å².